The van der Waals surface area contributed by atoms with Crippen LogP contribution in [0.5, 0.6) is 11.5 Å². The number of rotatable bonds is 4. The van der Waals surface area contributed by atoms with Crippen LogP contribution in [0.3, 0.4) is 0 Å². The van der Waals surface area contributed by atoms with Gasteiger partial charge >= 0.3 is 0 Å². The lowest BCUT2D eigenvalue weighted by Crippen LogP contribution is -2.09. The fraction of sp³-hybridized carbons (Fsp3) is 0. The molecule has 0 spiro atoms. The largest absolute Gasteiger partial charge is 0.457 e. The predicted molar refractivity (Wildman–Crippen MR) is 98.1 cm³/mol. The molecule has 0 aliphatic carbocycles. The molecule has 6 N–H and O–H groups in total. The Labute approximate surface area is 143 Å². The van der Waals surface area contributed by atoms with Crippen LogP contribution in [-0.2, 0) is 0 Å². The molecule has 0 aliphatic heterocycles. The van der Waals surface area contributed by atoms with Crippen molar-refractivity contribution in [3.8, 4) is 22.6 Å². The summed E-state index contributed by atoms with van der Waals surface area (Å²) in [5.41, 5.74) is 11.0. The number of hydrogen-bond acceptors (Lipinski definition) is 6. The summed E-state index contributed by atoms with van der Waals surface area (Å²) in [6.07, 6.45) is 1.72. The van der Waals surface area contributed by atoms with Gasteiger partial charge < -0.3 is 15.9 Å². The molecule has 2 aromatic heterocycles. The number of nitrogen functional groups attached to an aromatic ring is 2. The number of nitrogens with zero attached hydrogens (tertiary/aromatic N) is 2. The minimum absolute atomic E-state index is 0.397. The maximum atomic E-state index is 6.01. The number of para-hydroxylation sites is 1. The van der Waals surface area contributed by atoms with Gasteiger partial charge in [0.1, 0.15) is 17.0 Å². The molecule has 0 amide bonds. The molecule has 2 aromatic carbocycles. The second-order valence-corrected chi connectivity index (χ2v) is 5.46. The highest BCUT2D eigenvalue weighted by atomic mass is 16.5. The Morgan fingerprint density at radius 1 is 0.960 bits per heavy atom. The number of anilines is 2. The smallest absolute Gasteiger partial charge is 0.166 e. The highest BCUT2D eigenvalue weighted by Gasteiger charge is 2.14. The van der Waals surface area contributed by atoms with E-state index in [0.717, 1.165) is 28.0 Å². The molecule has 0 unspecified atom stereocenters. The van der Waals surface area contributed by atoms with Crippen LogP contribution in [-0.4, -0.2) is 15.2 Å². The zero-order valence-corrected chi connectivity index (χ0v) is 13.2. The molecule has 0 saturated carbocycles. The van der Waals surface area contributed by atoms with E-state index in [-0.39, 0.29) is 0 Å². The fourth-order valence-corrected chi connectivity index (χ4v) is 2.71. The van der Waals surface area contributed by atoms with E-state index < -0.39 is 0 Å². The third-order valence-electron chi connectivity index (χ3n) is 3.90. The molecule has 0 bridgehead atoms. The minimum atomic E-state index is 0.397. The van der Waals surface area contributed by atoms with Gasteiger partial charge in [-0.15, -0.1) is 0 Å². The van der Waals surface area contributed by atoms with Crippen LogP contribution in [0.2, 0.25) is 0 Å². The highest BCUT2D eigenvalue weighted by Crippen LogP contribution is 2.34. The van der Waals surface area contributed by atoms with Crippen LogP contribution < -0.4 is 21.7 Å². The van der Waals surface area contributed by atoms with E-state index in [1.807, 2.05) is 54.6 Å². The standard InChI is InChI=1S/C18H16N6O/c19-17-15-14(10-21-18(22-20)16(15)23-24-17)11-6-8-13(9-7-11)25-12-4-2-1-3-5-12/h1-10H,20H2,(H,21,22)(H3,19,23,24). The zero-order chi connectivity index (χ0) is 17.2. The second-order valence-electron chi connectivity index (χ2n) is 5.46. The van der Waals surface area contributed by atoms with Crippen molar-refractivity contribution >= 4 is 22.5 Å². The molecule has 2 heterocycles. The molecule has 124 valence electrons. The SMILES string of the molecule is NNc1ncc(-c2ccc(Oc3ccccc3)cc2)c2c(N)n[nH]c12. The Hall–Kier alpha value is -3.58. The topological polar surface area (TPSA) is 115 Å². The summed E-state index contributed by atoms with van der Waals surface area (Å²) in [5, 5.41) is 7.69. The number of hydrogen-bond donors (Lipinski definition) is 4. The van der Waals surface area contributed by atoms with Crippen molar-refractivity contribution in [2.45, 2.75) is 0 Å². The van der Waals surface area contributed by atoms with Crippen molar-refractivity contribution < 1.29 is 4.74 Å². The van der Waals surface area contributed by atoms with Crippen molar-refractivity contribution in [1.29, 1.82) is 0 Å². The summed E-state index contributed by atoms with van der Waals surface area (Å²) in [6.45, 7) is 0. The van der Waals surface area contributed by atoms with Gasteiger partial charge in [-0.25, -0.2) is 10.8 Å². The Morgan fingerprint density at radius 3 is 2.40 bits per heavy atom. The fourth-order valence-electron chi connectivity index (χ4n) is 2.71. The number of H-pyrrole nitrogens is 1. The third-order valence-corrected chi connectivity index (χ3v) is 3.90. The van der Waals surface area contributed by atoms with E-state index in [2.05, 4.69) is 20.6 Å². The van der Waals surface area contributed by atoms with Crippen molar-refractivity contribution in [3.05, 3.63) is 60.8 Å². The molecule has 4 rings (SSSR count). The van der Waals surface area contributed by atoms with Crippen molar-refractivity contribution in [2.75, 3.05) is 11.2 Å². The van der Waals surface area contributed by atoms with E-state index in [1.165, 1.54) is 0 Å². The first-order valence-corrected chi connectivity index (χ1v) is 7.69. The van der Waals surface area contributed by atoms with Gasteiger partial charge in [0.05, 0.1) is 5.39 Å². The molecule has 4 aromatic rings. The Bertz CT molecular complexity index is 1010. The number of nitrogens with two attached hydrogens (primary N) is 2. The average Bonchev–Trinajstić information content (AvgIpc) is 3.05. The lowest BCUT2D eigenvalue weighted by Gasteiger charge is -2.09. The van der Waals surface area contributed by atoms with Gasteiger partial charge in [0.2, 0.25) is 0 Å². The van der Waals surface area contributed by atoms with Gasteiger partial charge in [0.25, 0.3) is 0 Å². The molecule has 25 heavy (non-hydrogen) atoms. The molecule has 7 nitrogen and oxygen atoms in total. The molecule has 0 atom stereocenters. The number of fused-ring (bicyclic) bond motifs is 1. The lowest BCUT2D eigenvalue weighted by atomic mass is 10.0. The van der Waals surface area contributed by atoms with E-state index in [0.29, 0.717) is 17.2 Å². The first kappa shape index (κ1) is 15.0. The normalized spacial score (nSPS) is 10.8. The average molecular weight is 332 g/mol. The molecule has 0 aliphatic rings. The summed E-state index contributed by atoms with van der Waals surface area (Å²) < 4.78 is 5.82. The number of pyridine rings is 1. The minimum Gasteiger partial charge on any atom is -0.457 e. The van der Waals surface area contributed by atoms with E-state index in [4.69, 9.17) is 16.3 Å². The number of nitrogens with one attached hydrogen (secondary N) is 2. The summed E-state index contributed by atoms with van der Waals surface area (Å²) in [7, 11) is 0. The van der Waals surface area contributed by atoms with Gasteiger partial charge in [0.15, 0.2) is 11.6 Å². The van der Waals surface area contributed by atoms with Gasteiger partial charge in [-0.3, -0.25) is 5.10 Å². The maximum Gasteiger partial charge on any atom is 0.166 e. The molecular formula is C18H16N6O. The first-order valence-electron chi connectivity index (χ1n) is 7.69. The van der Waals surface area contributed by atoms with Crippen LogP contribution in [0.1, 0.15) is 0 Å². The van der Waals surface area contributed by atoms with E-state index in [1.54, 1.807) is 6.20 Å². The van der Waals surface area contributed by atoms with Gasteiger partial charge in [-0.1, -0.05) is 30.3 Å². The zero-order valence-electron chi connectivity index (χ0n) is 13.2. The molecule has 0 saturated heterocycles. The van der Waals surface area contributed by atoms with Gasteiger partial charge in [0, 0.05) is 11.8 Å². The van der Waals surface area contributed by atoms with Crippen molar-refractivity contribution in [3.63, 3.8) is 0 Å². The van der Waals surface area contributed by atoms with Gasteiger partial charge in [-0.05, 0) is 29.8 Å². The highest BCUT2D eigenvalue weighted by molar-refractivity contribution is 6.05. The molecule has 0 radical (unpaired) electrons. The van der Waals surface area contributed by atoms with Crippen molar-refractivity contribution in [1.82, 2.24) is 15.2 Å². The number of aromatic nitrogens is 3. The Balaban J connectivity index is 1.71. The van der Waals surface area contributed by atoms with E-state index >= 15 is 0 Å². The quantitative estimate of drug-likeness (QED) is 0.337. The molecular weight excluding hydrogens is 316 g/mol. The number of benzene rings is 2. The number of aromatic amines is 1. The molecule has 0 fully saturated rings. The maximum absolute atomic E-state index is 6.01. The summed E-state index contributed by atoms with van der Waals surface area (Å²) in [4.78, 5) is 4.31. The summed E-state index contributed by atoms with van der Waals surface area (Å²) in [5.74, 6) is 7.92. The summed E-state index contributed by atoms with van der Waals surface area (Å²) in [6, 6.07) is 17.3. The number of ether oxygens (including phenoxy) is 1. The monoisotopic (exact) mass is 332 g/mol. The van der Waals surface area contributed by atoms with Crippen LogP contribution in [0, 0.1) is 0 Å². The third kappa shape index (κ3) is 2.73. The van der Waals surface area contributed by atoms with Crippen LogP contribution >= 0.6 is 0 Å². The van der Waals surface area contributed by atoms with Crippen molar-refractivity contribution in [2.24, 2.45) is 5.84 Å². The lowest BCUT2D eigenvalue weighted by molar-refractivity contribution is 0.483. The second kappa shape index (κ2) is 6.14. The van der Waals surface area contributed by atoms with Crippen LogP contribution in [0.4, 0.5) is 11.6 Å². The molecule has 7 heteroatoms. The Kier molecular flexibility index (Phi) is 3.68. The first-order chi connectivity index (χ1) is 12.3. The summed E-state index contributed by atoms with van der Waals surface area (Å²) >= 11 is 0. The number of hydrazine groups is 1. The van der Waals surface area contributed by atoms with Crippen LogP contribution in [0.15, 0.2) is 60.8 Å². The predicted octanol–water partition coefficient (Wildman–Crippen LogP) is 3.29. The van der Waals surface area contributed by atoms with Gasteiger partial charge in [-0.2, -0.15) is 5.10 Å². The van der Waals surface area contributed by atoms with E-state index in [9.17, 15) is 0 Å². The van der Waals surface area contributed by atoms with Crippen LogP contribution in [0.25, 0.3) is 22.0 Å². The Morgan fingerprint density at radius 2 is 1.68 bits per heavy atom.